The van der Waals surface area contributed by atoms with Crippen molar-refractivity contribution in [2.75, 3.05) is 25.6 Å². The van der Waals surface area contributed by atoms with Crippen molar-refractivity contribution in [3.63, 3.8) is 0 Å². The lowest BCUT2D eigenvalue weighted by Crippen LogP contribution is -2.02. The Kier molecular flexibility index (Phi) is 6.60. The van der Waals surface area contributed by atoms with Crippen LogP contribution in [0.2, 0.25) is 0 Å². The van der Waals surface area contributed by atoms with E-state index in [1.807, 2.05) is 43.3 Å². The molecule has 0 saturated heterocycles. The molecule has 0 unspecified atom stereocenters. The molecule has 0 aliphatic rings. The van der Waals surface area contributed by atoms with Crippen LogP contribution in [0.4, 0.5) is 5.69 Å². The fourth-order valence-corrected chi connectivity index (χ4v) is 2.19. The van der Waals surface area contributed by atoms with E-state index in [1.165, 1.54) is 0 Å². The molecule has 0 aliphatic heterocycles. The van der Waals surface area contributed by atoms with Gasteiger partial charge in [0.2, 0.25) is 0 Å². The molecule has 4 heteroatoms. The van der Waals surface area contributed by atoms with Gasteiger partial charge in [0.05, 0.1) is 20.3 Å². The molecule has 1 N–H and O–H groups in total. The van der Waals surface area contributed by atoms with Crippen molar-refractivity contribution in [3.8, 4) is 17.2 Å². The second-order valence-corrected chi connectivity index (χ2v) is 5.14. The molecule has 0 heterocycles. The van der Waals surface area contributed by atoms with Crippen LogP contribution < -0.4 is 19.5 Å². The third-order valence-electron chi connectivity index (χ3n) is 3.35. The summed E-state index contributed by atoms with van der Waals surface area (Å²) in [6.07, 6.45) is 0.976. The first kappa shape index (κ1) is 17.0. The third-order valence-corrected chi connectivity index (χ3v) is 3.35. The molecule has 2 aromatic carbocycles. The molecular weight excluding hydrogens is 290 g/mol. The highest BCUT2D eigenvalue weighted by Crippen LogP contribution is 2.28. The fraction of sp³-hybridized carbons (Fsp3) is 0.368. The van der Waals surface area contributed by atoms with E-state index in [9.17, 15) is 0 Å². The quantitative estimate of drug-likeness (QED) is 0.740. The Morgan fingerprint density at radius 1 is 0.913 bits per heavy atom. The summed E-state index contributed by atoms with van der Waals surface area (Å²) in [4.78, 5) is 0. The van der Waals surface area contributed by atoms with Crippen LogP contribution >= 0.6 is 0 Å². The number of methoxy groups -OCH3 is 1. The maximum atomic E-state index is 5.67. The maximum Gasteiger partial charge on any atom is 0.161 e. The van der Waals surface area contributed by atoms with Gasteiger partial charge in [0.15, 0.2) is 11.5 Å². The van der Waals surface area contributed by atoms with Crippen molar-refractivity contribution >= 4 is 5.69 Å². The molecule has 0 radical (unpaired) electrons. The van der Waals surface area contributed by atoms with E-state index in [0.29, 0.717) is 13.2 Å². The van der Waals surface area contributed by atoms with Crippen LogP contribution in [0.3, 0.4) is 0 Å². The van der Waals surface area contributed by atoms with Gasteiger partial charge in [0, 0.05) is 12.2 Å². The van der Waals surface area contributed by atoms with Gasteiger partial charge < -0.3 is 19.5 Å². The summed E-state index contributed by atoms with van der Waals surface area (Å²) in [6, 6.07) is 14.0. The van der Waals surface area contributed by atoms with Crippen LogP contribution in [0.5, 0.6) is 17.2 Å². The Labute approximate surface area is 138 Å². The van der Waals surface area contributed by atoms with Crippen molar-refractivity contribution < 1.29 is 14.2 Å². The lowest BCUT2D eigenvalue weighted by Gasteiger charge is -2.13. The third kappa shape index (κ3) is 5.09. The Morgan fingerprint density at radius 3 is 2.35 bits per heavy atom. The normalized spacial score (nSPS) is 10.2. The molecule has 2 aromatic rings. The van der Waals surface area contributed by atoms with Crippen molar-refractivity contribution in [1.82, 2.24) is 0 Å². The SMILES string of the molecule is CCCOc1ccc(CNc2ccc(OCC)cc2)cc1OC. The van der Waals surface area contributed by atoms with Crippen molar-refractivity contribution in [1.29, 1.82) is 0 Å². The first-order valence-electron chi connectivity index (χ1n) is 8.03. The predicted octanol–water partition coefficient (Wildman–Crippen LogP) is 4.49. The molecule has 0 aliphatic carbocycles. The summed E-state index contributed by atoms with van der Waals surface area (Å²) >= 11 is 0. The molecule has 0 spiro atoms. The number of ether oxygens (including phenoxy) is 3. The highest BCUT2D eigenvalue weighted by atomic mass is 16.5. The van der Waals surface area contributed by atoms with E-state index in [0.717, 1.165) is 41.5 Å². The number of hydrogen-bond donors (Lipinski definition) is 1. The summed E-state index contributed by atoms with van der Waals surface area (Å²) in [5, 5.41) is 3.39. The molecule has 23 heavy (non-hydrogen) atoms. The number of anilines is 1. The average molecular weight is 315 g/mol. The summed E-state index contributed by atoms with van der Waals surface area (Å²) < 4.78 is 16.5. The number of nitrogens with one attached hydrogen (secondary N) is 1. The fourth-order valence-electron chi connectivity index (χ4n) is 2.19. The zero-order valence-corrected chi connectivity index (χ0v) is 14.1. The van der Waals surface area contributed by atoms with Crippen LogP contribution in [-0.2, 0) is 6.54 Å². The van der Waals surface area contributed by atoms with E-state index >= 15 is 0 Å². The minimum atomic E-state index is 0.680. The molecule has 124 valence electrons. The van der Waals surface area contributed by atoms with Crippen LogP contribution in [0.15, 0.2) is 42.5 Å². The molecule has 0 atom stereocenters. The molecular formula is C19H25NO3. The predicted molar refractivity (Wildman–Crippen MR) is 93.7 cm³/mol. The van der Waals surface area contributed by atoms with Gasteiger partial charge in [-0.2, -0.15) is 0 Å². The Hall–Kier alpha value is -2.36. The Balaban J connectivity index is 1.97. The van der Waals surface area contributed by atoms with Crippen LogP contribution in [0.25, 0.3) is 0 Å². The van der Waals surface area contributed by atoms with Crippen LogP contribution in [-0.4, -0.2) is 20.3 Å². The first-order chi connectivity index (χ1) is 11.3. The molecule has 2 rings (SSSR count). The summed E-state index contributed by atoms with van der Waals surface area (Å²) in [5.74, 6) is 2.45. The van der Waals surface area contributed by atoms with Gasteiger partial charge in [-0.1, -0.05) is 13.0 Å². The van der Waals surface area contributed by atoms with Gasteiger partial charge in [-0.3, -0.25) is 0 Å². The second-order valence-electron chi connectivity index (χ2n) is 5.14. The molecule has 0 amide bonds. The topological polar surface area (TPSA) is 39.7 Å². The Morgan fingerprint density at radius 2 is 1.70 bits per heavy atom. The van der Waals surface area contributed by atoms with E-state index in [1.54, 1.807) is 7.11 Å². The molecule has 0 saturated carbocycles. The zero-order chi connectivity index (χ0) is 16.5. The standard InChI is InChI=1S/C19H25NO3/c1-4-12-23-18-11-6-15(13-19(18)21-3)14-20-16-7-9-17(10-8-16)22-5-2/h6-11,13,20H,4-5,12,14H2,1-3H3. The van der Waals surface area contributed by atoms with Crippen LogP contribution in [0, 0.1) is 0 Å². The minimum Gasteiger partial charge on any atom is -0.494 e. The zero-order valence-electron chi connectivity index (χ0n) is 14.1. The van der Waals surface area contributed by atoms with Gasteiger partial charge in [-0.05, 0) is 55.3 Å². The number of rotatable bonds is 9. The smallest absolute Gasteiger partial charge is 0.161 e. The molecule has 0 fully saturated rings. The molecule has 4 nitrogen and oxygen atoms in total. The molecule has 0 aromatic heterocycles. The summed E-state index contributed by atoms with van der Waals surface area (Å²) in [7, 11) is 1.66. The van der Waals surface area contributed by atoms with Crippen molar-refractivity contribution in [3.05, 3.63) is 48.0 Å². The lowest BCUT2D eigenvalue weighted by atomic mass is 10.2. The van der Waals surface area contributed by atoms with E-state index in [2.05, 4.69) is 18.3 Å². The van der Waals surface area contributed by atoms with E-state index < -0.39 is 0 Å². The van der Waals surface area contributed by atoms with E-state index in [-0.39, 0.29) is 0 Å². The Bertz CT molecular complexity index is 596. The van der Waals surface area contributed by atoms with Crippen LogP contribution in [0.1, 0.15) is 25.8 Å². The summed E-state index contributed by atoms with van der Waals surface area (Å²) in [5.41, 5.74) is 2.19. The maximum absolute atomic E-state index is 5.67. The first-order valence-corrected chi connectivity index (χ1v) is 8.03. The van der Waals surface area contributed by atoms with Gasteiger partial charge in [-0.15, -0.1) is 0 Å². The van der Waals surface area contributed by atoms with Gasteiger partial charge >= 0.3 is 0 Å². The number of hydrogen-bond acceptors (Lipinski definition) is 4. The van der Waals surface area contributed by atoms with Gasteiger partial charge in [-0.25, -0.2) is 0 Å². The van der Waals surface area contributed by atoms with E-state index in [4.69, 9.17) is 14.2 Å². The van der Waals surface area contributed by atoms with Crippen molar-refractivity contribution in [2.45, 2.75) is 26.8 Å². The lowest BCUT2D eigenvalue weighted by molar-refractivity contribution is 0.294. The average Bonchev–Trinajstić information content (AvgIpc) is 2.60. The molecule has 0 bridgehead atoms. The summed E-state index contributed by atoms with van der Waals surface area (Å²) in [6.45, 7) is 6.16. The highest BCUT2D eigenvalue weighted by molar-refractivity contribution is 5.48. The van der Waals surface area contributed by atoms with Gasteiger partial charge in [0.1, 0.15) is 5.75 Å². The van der Waals surface area contributed by atoms with Crippen molar-refractivity contribution in [2.24, 2.45) is 0 Å². The van der Waals surface area contributed by atoms with Gasteiger partial charge in [0.25, 0.3) is 0 Å². The largest absolute Gasteiger partial charge is 0.494 e. The minimum absolute atomic E-state index is 0.680. The number of benzene rings is 2. The monoisotopic (exact) mass is 315 g/mol. The second kappa shape index (κ2) is 8.93. The highest BCUT2D eigenvalue weighted by Gasteiger charge is 2.05.